The van der Waals surface area contributed by atoms with Gasteiger partial charge in [-0.1, -0.05) is 109 Å². The van der Waals surface area contributed by atoms with Crippen molar-refractivity contribution in [3.05, 3.63) is 158 Å². The van der Waals surface area contributed by atoms with Gasteiger partial charge >= 0.3 is 0 Å². The molecule has 7 aromatic carbocycles. The zero-order valence-electron chi connectivity index (χ0n) is 23.8. The molecule has 0 N–H and O–H groups in total. The number of benzene rings is 7. The quantitative estimate of drug-likeness (QED) is 0.200. The monoisotopic (exact) mass is 562 g/mol. The van der Waals surface area contributed by atoms with E-state index >= 15 is 0 Å². The van der Waals surface area contributed by atoms with Crippen LogP contribution in [0.15, 0.2) is 162 Å². The molecule has 3 nitrogen and oxygen atoms in total. The van der Waals surface area contributed by atoms with Gasteiger partial charge in [0, 0.05) is 34.5 Å². The molecule has 0 atom stereocenters. The molecule has 0 unspecified atom stereocenters. The summed E-state index contributed by atoms with van der Waals surface area (Å²) in [6.07, 6.45) is 3.66. The molecule has 0 saturated carbocycles. The molecule has 2 aromatic heterocycles. The summed E-state index contributed by atoms with van der Waals surface area (Å²) in [4.78, 5) is 6.68. The molecule has 0 aliphatic carbocycles. The van der Waals surface area contributed by atoms with Crippen LogP contribution >= 0.6 is 0 Å². The predicted octanol–water partition coefficient (Wildman–Crippen LogP) is 11.6. The maximum absolute atomic E-state index is 6.51. The zero-order valence-corrected chi connectivity index (χ0v) is 23.8. The second-order valence-corrected chi connectivity index (χ2v) is 11.2. The van der Waals surface area contributed by atoms with Gasteiger partial charge in [-0.25, -0.2) is 0 Å². The van der Waals surface area contributed by atoms with Crippen LogP contribution in [0.2, 0.25) is 0 Å². The third kappa shape index (κ3) is 3.87. The van der Waals surface area contributed by atoms with Crippen molar-refractivity contribution in [3.63, 3.8) is 0 Å². The Balaban J connectivity index is 1.28. The van der Waals surface area contributed by atoms with E-state index < -0.39 is 0 Å². The molecule has 0 aliphatic rings. The molecule has 9 rings (SSSR count). The number of hydrogen-bond donors (Lipinski definition) is 0. The lowest BCUT2D eigenvalue weighted by molar-refractivity contribution is 0.668. The lowest BCUT2D eigenvalue weighted by Gasteiger charge is -2.26. The van der Waals surface area contributed by atoms with Gasteiger partial charge in [0.15, 0.2) is 5.58 Å². The maximum atomic E-state index is 6.51. The zero-order chi connectivity index (χ0) is 29.0. The minimum absolute atomic E-state index is 0.832. The van der Waals surface area contributed by atoms with Crippen LogP contribution in [0.3, 0.4) is 0 Å². The molecule has 44 heavy (non-hydrogen) atoms. The fraction of sp³-hybridized carbons (Fsp3) is 0. The smallest absolute Gasteiger partial charge is 0.159 e. The number of aromatic nitrogens is 1. The highest BCUT2D eigenvalue weighted by Crippen LogP contribution is 2.43. The highest BCUT2D eigenvalue weighted by atomic mass is 16.3. The van der Waals surface area contributed by atoms with Crippen molar-refractivity contribution in [1.82, 2.24) is 4.98 Å². The van der Waals surface area contributed by atoms with Gasteiger partial charge in [0.25, 0.3) is 0 Å². The molecule has 3 heteroatoms. The Morgan fingerprint density at radius 1 is 0.477 bits per heavy atom. The number of hydrogen-bond acceptors (Lipinski definition) is 3. The van der Waals surface area contributed by atoms with Crippen molar-refractivity contribution in [3.8, 4) is 11.1 Å². The van der Waals surface area contributed by atoms with Crippen LogP contribution in [-0.2, 0) is 0 Å². The molecule has 0 amide bonds. The number of pyridine rings is 1. The third-order valence-corrected chi connectivity index (χ3v) is 8.72. The van der Waals surface area contributed by atoms with Gasteiger partial charge in [-0.15, -0.1) is 0 Å². The summed E-state index contributed by atoms with van der Waals surface area (Å²) >= 11 is 0. The largest absolute Gasteiger partial charge is 0.454 e. The van der Waals surface area contributed by atoms with Crippen LogP contribution in [-0.4, -0.2) is 4.98 Å². The Kier molecular flexibility index (Phi) is 5.50. The predicted molar refractivity (Wildman–Crippen MR) is 184 cm³/mol. The minimum Gasteiger partial charge on any atom is -0.454 e. The first-order valence-electron chi connectivity index (χ1n) is 14.9. The van der Waals surface area contributed by atoms with Crippen molar-refractivity contribution in [2.75, 3.05) is 4.90 Å². The van der Waals surface area contributed by atoms with Gasteiger partial charge in [0.1, 0.15) is 5.58 Å². The lowest BCUT2D eigenvalue weighted by atomic mass is 9.96. The topological polar surface area (TPSA) is 29.3 Å². The summed E-state index contributed by atoms with van der Waals surface area (Å²) in [6.45, 7) is 0. The Morgan fingerprint density at radius 3 is 2.07 bits per heavy atom. The molecule has 0 spiro atoms. The molecule has 2 heterocycles. The third-order valence-electron chi connectivity index (χ3n) is 8.72. The second kappa shape index (κ2) is 9.82. The average Bonchev–Trinajstić information content (AvgIpc) is 3.48. The Hall–Kier alpha value is -5.93. The van der Waals surface area contributed by atoms with Crippen molar-refractivity contribution in [2.45, 2.75) is 0 Å². The highest BCUT2D eigenvalue weighted by Gasteiger charge is 2.20. The average molecular weight is 563 g/mol. The van der Waals surface area contributed by atoms with Crippen LogP contribution in [0.5, 0.6) is 0 Å². The highest BCUT2D eigenvalue weighted by molar-refractivity contribution is 6.20. The van der Waals surface area contributed by atoms with Crippen molar-refractivity contribution < 1.29 is 4.42 Å². The molecule has 0 bridgehead atoms. The van der Waals surface area contributed by atoms with E-state index in [4.69, 9.17) is 4.42 Å². The second-order valence-electron chi connectivity index (χ2n) is 11.2. The summed E-state index contributed by atoms with van der Waals surface area (Å²) in [6, 6.07) is 51.9. The number of anilines is 3. The SMILES string of the molecule is c1ccc(-c2ccc(N(c3ccc4c(ccc5ccc6ccccc6c54)c3)c3cccc4c3oc3ccncc34)cc2)cc1. The summed E-state index contributed by atoms with van der Waals surface area (Å²) < 4.78 is 6.51. The fourth-order valence-corrected chi connectivity index (χ4v) is 6.63. The van der Waals surface area contributed by atoms with Gasteiger partial charge < -0.3 is 9.32 Å². The Bertz CT molecular complexity index is 2490. The standard InChI is InChI=1S/C41H26N2O/c1-2-7-27(8-3-1)28-17-19-32(20-18-28)43(38-12-6-11-36-37-26-42-24-23-39(37)44-41(36)38)33-21-22-35-31(25-33)16-15-30-14-13-29-9-4-5-10-34(29)40(30)35/h1-26H. The fourth-order valence-electron chi connectivity index (χ4n) is 6.63. The lowest BCUT2D eigenvalue weighted by Crippen LogP contribution is -2.10. The summed E-state index contributed by atoms with van der Waals surface area (Å²) in [7, 11) is 0. The first kappa shape index (κ1) is 24.6. The van der Waals surface area contributed by atoms with E-state index in [-0.39, 0.29) is 0 Å². The first-order valence-corrected chi connectivity index (χ1v) is 14.9. The van der Waals surface area contributed by atoms with Crippen molar-refractivity contribution >= 4 is 71.3 Å². The number of fused-ring (bicyclic) bond motifs is 8. The van der Waals surface area contributed by atoms with E-state index in [2.05, 4.69) is 149 Å². The molecule has 0 saturated heterocycles. The molecule has 0 radical (unpaired) electrons. The van der Waals surface area contributed by atoms with E-state index in [1.54, 1.807) is 6.20 Å². The molecule has 0 aliphatic heterocycles. The Labute approximate surface area is 254 Å². The van der Waals surface area contributed by atoms with Crippen LogP contribution in [0, 0.1) is 0 Å². The van der Waals surface area contributed by atoms with E-state index in [1.807, 2.05) is 12.3 Å². The van der Waals surface area contributed by atoms with Crippen molar-refractivity contribution in [1.29, 1.82) is 0 Å². The summed E-state index contributed by atoms with van der Waals surface area (Å²) in [5, 5.41) is 9.57. The van der Waals surface area contributed by atoms with Gasteiger partial charge in [-0.3, -0.25) is 4.98 Å². The summed E-state index contributed by atoms with van der Waals surface area (Å²) in [5.41, 5.74) is 7.15. The van der Waals surface area contributed by atoms with Crippen molar-refractivity contribution in [2.24, 2.45) is 0 Å². The molecular formula is C41H26N2O. The van der Waals surface area contributed by atoms with Crippen LogP contribution in [0.1, 0.15) is 0 Å². The molecular weight excluding hydrogens is 536 g/mol. The number of furan rings is 1. The van der Waals surface area contributed by atoms with Crippen LogP contribution < -0.4 is 4.90 Å². The van der Waals surface area contributed by atoms with E-state index in [0.29, 0.717) is 0 Å². The van der Waals surface area contributed by atoms with Crippen LogP contribution in [0.4, 0.5) is 17.1 Å². The number of para-hydroxylation sites is 1. The molecule has 0 fully saturated rings. The van der Waals surface area contributed by atoms with E-state index in [1.165, 1.54) is 43.4 Å². The van der Waals surface area contributed by atoms with E-state index in [9.17, 15) is 0 Å². The molecule has 206 valence electrons. The normalized spacial score (nSPS) is 11.6. The van der Waals surface area contributed by atoms with Gasteiger partial charge in [-0.05, 0) is 79.8 Å². The van der Waals surface area contributed by atoms with E-state index in [0.717, 1.165) is 39.0 Å². The first-order chi connectivity index (χ1) is 21.8. The Morgan fingerprint density at radius 2 is 1.18 bits per heavy atom. The number of nitrogens with zero attached hydrogens (tertiary/aromatic N) is 2. The van der Waals surface area contributed by atoms with Crippen LogP contribution in [0.25, 0.3) is 65.4 Å². The minimum atomic E-state index is 0.832. The van der Waals surface area contributed by atoms with Gasteiger partial charge in [0.2, 0.25) is 0 Å². The maximum Gasteiger partial charge on any atom is 0.159 e. The number of rotatable bonds is 4. The molecule has 9 aromatic rings. The van der Waals surface area contributed by atoms with Gasteiger partial charge in [-0.2, -0.15) is 0 Å². The van der Waals surface area contributed by atoms with Gasteiger partial charge in [0.05, 0.1) is 5.69 Å². The summed E-state index contributed by atoms with van der Waals surface area (Å²) in [5.74, 6) is 0.